The van der Waals surface area contributed by atoms with Crippen molar-refractivity contribution in [1.29, 1.82) is 0 Å². The Kier molecular flexibility index (Phi) is 8.18. The maximum atomic E-state index is 12.1. The molecular weight excluding hydrogens is 302 g/mol. The second-order valence-electron chi connectivity index (χ2n) is 6.66. The molecule has 6 heteroatoms. The Morgan fingerprint density at radius 3 is 2.18 bits per heavy atom. The van der Waals surface area contributed by atoms with E-state index >= 15 is 0 Å². The molecule has 1 aliphatic carbocycles. The highest BCUT2D eigenvalue weighted by atomic mass is 35.5. The molecule has 5 nitrogen and oxygen atoms in total. The van der Waals surface area contributed by atoms with E-state index in [0.29, 0.717) is 13.0 Å². The van der Waals surface area contributed by atoms with Gasteiger partial charge in [-0.25, -0.2) is 0 Å². The lowest BCUT2D eigenvalue weighted by molar-refractivity contribution is -0.134. The topological polar surface area (TPSA) is 75.4 Å². The molecule has 22 heavy (non-hydrogen) atoms. The van der Waals surface area contributed by atoms with E-state index in [1.54, 1.807) is 0 Å². The molecular formula is C16H30ClN3O2. The Labute approximate surface area is 139 Å². The zero-order valence-electron chi connectivity index (χ0n) is 13.4. The van der Waals surface area contributed by atoms with Crippen LogP contribution in [0.4, 0.5) is 0 Å². The fraction of sp³-hybridized carbons (Fsp3) is 0.875. The van der Waals surface area contributed by atoms with E-state index < -0.39 is 0 Å². The summed E-state index contributed by atoms with van der Waals surface area (Å²) in [5.74, 6) is 0.0289. The van der Waals surface area contributed by atoms with Gasteiger partial charge in [0.05, 0.1) is 6.54 Å². The van der Waals surface area contributed by atoms with Crippen LogP contribution in [0.1, 0.15) is 57.8 Å². The first kappa shape index (κ1) is 19.2. The van der Waals surface area contributed by atoms with Gasteiger partial charge in [0, 0.05) is 19.5 Å². The quantitative estimate of drug-likeness (QED) is 0.807. The molecule has 2 amide bonds. The number of hydrogen-bond donors (Lipinski definition) is 2. The van der Waals surface area contributed by atoms with Gasteiger partial charge in [-0.05, 0) is 44.1 Å². The lowest BCUT2D eigenvalue weighted by Crippen LogP contribution is -2.44. The van der Waals surface area contributed by atoms with Crippen LogP contribution in [0.2, 0.25) is 0 Å². The summed E-state index contributed by atoms with van der Waals surface area (Å²) in [6.45, 7) is 2.38. The van der Waals surface area contributed by atoms with Crippen molar-refractivity contribution in [3.05, 3.63) is 0 Å². The number of nitrogens with zero attached hydrogens (tertiary/aromatic N) is 1. The Bertz CT molecular complexity index is 364. The summed E-state index contributed by atoms with van der Waals surface area (Å²) in [5, 5.41) is 2.80. The van der Waals surface area contributed by atoms with Gasteiger partial charge in [-0.2, -0.15) is 0 Å². The molecule has 2 aliphatic rings. The third-order valence-electron chi connectivity index (χ3n) is 5.03. The van der Waals surface area contributed by atoms with E-state index in [2.05, 4.69) is 5.32 Å². The zero-order chi connectivity index (χ0) is 15.1. The van der Waals surface area contributed by atoms with Crippen molar-refractivity contribution in [2.75, 3.05) is 26.2 Å². The minimum Gasteiger partial charge on any atom is -0.347 e. The predicted molar refractivity (Wildman–Crippen MR) is 89.9 cm³/mol. The minimum atomic E-state index is -0.0312. The summed E-state index contributed by atoms with van der Waals surface area (Å²) in [5.41, 5.74) is 5.87. The number of piperidine rings is 1. The van der Waals surface area contributed by atoms with Gasteiger partial charge in [-0.15, -0.1) is 12.4 Å². The summed E-state index contributed by atoms with van der Waals surface area (Å²) in [4.78, 5) is 26.0. The van der Waals surface area contributed by atoms with Crippen LogP contribution >= 0.6 is 12.4 Å². The molecule has 1 heterocycles. The number of likely N-dealkylation sites (tertiary alicyclic amines) is 1. The van der Waals surface area contributed by atoms with Crippen molar-refractivity contribution in [1.82, 2.24) is 10.2 Å². The van der Waals surface area contributed by atoms with Crippen molar-refractivity contribution >= 4 is 24.2 Å². The second kappa shape index (κ2) is 9.36. The maximum absolute atomic E-state index is 12.1. The highest BCUT2D eigenvalue weighted by molar-refractivity contribution is 5.85. The number of hydrogen-bond acceptors (Lipinski definition) is 3. The molecule has 3 N–H and O–H groups in total. The summed E-state index contributed by atoms with van der Waals surface area (Å²) >= 11 is 0. The van der Waals surface area contributed by atoms with Crippen molar-refractivity contribution in [2.24, 2.45) is 11.1 Å². The zero-order valence-corrected chi connectivity index (χ0v) is 14.3. The van der Waals surface area contributed by atoms with Gasteiger partial charge in [0.15, 0.2) is 0 Å². The van der Waals surface area contributed by atoms with Crippen molar-refractivity contribution in [3.8, 4) is 0 Å². The lowest BCUT2D eigenvalue weighted by atomic mass is 9.71. The SMILES string of the molecule is Cl.NCC1(CC(=O)NCC(=O)N2CCCCC2)CCCCC1. The molecule has 1 saturated heterocycles. The Balaban J connectivity index is 0.00000242. The van der Waals surface area contributed by atoms with Crippen LogP contribution in [-0.2, 0) is 9.59 Å². The van der Waals surface area contributed by atoms with Crippen LogP contribution in [0.15, 0.2) is 0 Å². The monoisotopic (exact) mass is 331 g/mol. The van der Waals surface area contributed by atoms with Crippen LogP contribution < -0.4 is 11.1 Å². The van der Waals surface area contributed by atoms with E-state index in [1.807, 2.05) is 4.90 Å². The first-order chi connectivity index (χ1) is 10.2. The van der Waals surface area contributed by atoms with Crippen LogP contribution in [0.5, 0.6) is 0 Å². The molecule has 0 aromatic heterocycles. The Morgan fingerprint density at radius 1 is 1.00 bits per heavy atom. The number of rotatable bonds is 5. The van der Waals surface area contributed by atoms with E-state index in [-0.39, 0.29) is 36.2 Å². The van der Waals surface area contributed by atoms with Crippen LogP contribution in [0.3, 0.4) is 0 Å². The van der Waals surface area contributed by atoms with Crippen LogP contribution in [-0.4, -0.2) is 42.9 Å². The van der Waals surface area contributed by atoms with E-state index in [4.69, 9.17) is 5.73 Å². The van der Waals surface area contributed by atoms with Crippen molar-refractivity contribution in [2.45, 2.75) is 57.8 Å². The van der Waals surface area contributed by atoms with Gasteiger partial charge in [0.1, 0.15) is 0 Å². The lowest BCUT2D eigenvalue weighted by Gasteiger charge is -2.35. The third kappa shape index (κ3) is 5.43. The van der Waals surface area contributed by atoms with Crippen molar-refractivity contribution < 1.29 is 9.59 Å². The molecule has 2 rings (SSSR count). The van der Waals surface area contributed by atoms with Crippen LogP contribution in [0, 0.1) is 5.41 Å². The maximum Gasteiger partial charge on any atom is 0.241 e. The molecule has 0 aromatic carbocycles. The first-order valence-corrected chi connectivity index (χ1v) is 8.40. The molecule has 0 spiro atoms. The molecule has 2 fully saturated rings. The first-order valence-electron chi connectivity index (χ1n) is 8.40. The van der Waals surface area contributed by atoms with Gasteiger partial charge < -0.3 is 16.0 Å². The molecule has 128 valence electrons. The fourth-order valence-corrected chi connectivity index (χ4v) is 3.59. The Morgan fingerprint density at radius 2 is 1.59 bits per heavy atom. The predicted octanol–water partition coefficient (Wildman–Crippen LogP) is 1.84. The minimum absolute atomic E-state index is 0. The van der Waals surface area contributed by atoms with Crippen molar-refractivity contribution in [3.63, 3.8) is 0 Å². The molecule has 0 bridgehead atoms. The molecule has 1 aliphatic heterocycles. The third-order valence-corrected chi connectivity index (χ3v) is 5.03. The van der Waals surface area contributed by atoms with Gasteiger partial charge in [0.2, 0.25) is 11.8 Å². The highest BCUT2D eigenvalue weighted by Gasteiger charge is 2.33. The number of halogens is 1. The fourth-order valence-electron chi connectivity index (χ4n) is 3.59. The number of nitrogens with one attached hydrogen (secondary N) is 1. The van der Waals surface area contributed by atoms with Gasteiger partial charge >= 0.3 is 0 Å². The average molecular weight is 332 g/mol. The normalized spacial score (nSPS) is 20.9. The molecule has 1 saturated carbocycles. The number of carbonyl (C=O) groups is 2. The molecule has 0 aromatic rings. The van der Waals surface area contributed by atoms with Gasteiger partial charge in [0.25, 0.3) is 0 Å². The van der Waals surface area contributed by atoms with E-state index in [1.165, 1.54) is 12.8 Å². The number of nitrogens with two attached hydrogens (primary N) is 1. The van der Waals surface area contributed by atoms with Gasteiger partial charge in [-0.3, -0.25) is 9.59 Å². The average Bonchev–Trinajstić information content (AvgIpc) is 2.54. The second-order valence-corrected chi connectivity index (χ2v) is 6.66. The number of amides is 2. The molecule has 0 unspecified atom stereocenters. The highest BCUT2D eigenvalue weighted by Crippen LogP contribution is 2.38. The van der Waals surface area contributed by atoms with Crippen LogP contribution in [0.25, 0.3) is 0 Å². The standard InChI is InChI=1S/C16H29N3O2.ClH/c17-13-16(7-3-1-4-8-16)11-14(20)18-12-15(21)19-9-5-2-6-10-19;/h1-13,17H2,(H,18,20);1H. The number of carbonyl (C=O) groups excluding carboxylic acids is 2. The smallest absolute Gasteiger partial charge is 0.241 e. The largest absolute Gasteiger partial charge is 0.347 e. The molecule has 0 atom stereocenters. The van der Waals surface area contributed by atoms with E-state index in [0.717, 1.165) is 51.6 Å². The summed E-state index contributed by atoms with van der Waals surface area (Å²) in [6.07, 6.45) is 9.48. The summed E-state index contributed by atoms with van der Waals surface area (Å²) in [6, 6.07) is 0. The molecule has 0 radical (unpaired) electrons. The van der Waals surface area contributed by atoms with Gasteiger partial charge in [-0.1, -0.05) is 19.3 Å². The van der Waals surface area contributed by atoms with E-state index in [9.17, 15) is 9.59 Å². The summed E-state index contributed by atoms with van der Waals surface area (Å²) < 4.78 is 0. The summed E-state index contributed by atoms with van der Waals surface area (Å²) in [7, 11) is 0. The Hall–Kier alpha value is -0.810.